The van der Waals surface area contributed by atoms with E-state index in [1.165, 1.54) is 5.56 Å². The maximum Gasteiger partial charge on any atom is 0.251 e. The van der Waals surface area contributed by atoms with E-state index in [1.807, 2.05) is 59.3 Å². The van der Waals surface area contributed by atoms with Crippen molar-refractivity contribution >= 4 is 11.6 Å². The highest BCUT2D eigenvalue weighted by Crippen LogP contribution is 2.22. The van der Waals surface area contributed by atoms with E-state index in [-0.39, 0.29) is 11.3 Å². The Morgan fingerprint density at radius 1 is 1.12 bits per heavy atom. The Bertz CT molecular complexity index is 808. The summed E-state index contributed by atoms with van der Waals surface area (Å²) in [5.41, 5.74) is 3.92. The summed E-state index contributed by atoms with van der Waals surface area (Å²) in [6.07, 6.45) is 4.69. The van der Waals surface area contributed by atoms with Crippen LogP contribution in [0.4, 0.5) is 0 Å². The molecule has 4 heteroatoms. The van der Waals surface area contributed by atoms with E-state index >= 15 is 0 Å². The van der Waals surface area contributed by atoms with Crippen LogP contribution in [0.1, 0.15) is 42.4 Å². The van der Waals surface area contributed by atoms with Crippen molar-refractivity contribution in [3.63, 3.8) is 0 Å². The summed E-state index contributed by atoms with van der Waals surface area (Å²) < 4.78 is 1.99. The highest BCUT2D eigenvalue weighted by atomic mass is 16.1. The fourth-order valence-corrected chi connectivity index (χ4v) is 2.64. The topological polar surface area (TPSA) is 46.4 Å². The second-order valence-electron chi connectivity index (χ2n) is 7.03. The molecule has 0 bridgehead atoms. The van der Waals surface area contributed by atoms with Crippen molar-refractivity contribution in [3.8, 4) is 0 Å². The molecule has 0 fully saturated rings. The van der Waals surface area contributed by atoms with Crippen LogP contribution in [0.3, 0.4) is 0 Å². The number of hydrogen-bond donors (Lipinski definition) is 1. The SMILES string of the molecule is CC(C)(C)c1ccc(C(=O)NCCc2cn3ccccc3n2)cc1. The second kappa shape index (κ2) is 6.48. The molecule has 4 nitrogen and oxygen atoms in total. The maximum atomic E-state index is 12.2. The molecule has 0 unspecified atom stereocenters. The molecule has 0 atom stereocenters. The summed E-state index contributed by atoms with van der Waals surface area (Å²) in [5, 5.41) is 2.96. The Morgan fingerprint density at radius 3 is 2.54 bits per heavy atom. The molecule has 0 radical (unpaired) electrons. The standard InChI is InChI=1S/C20H23N3O/c1-20(2,3)16-9-7-15(8-10-16)19(24)21-12-11-17-14-23-13-5-4-6-18(23)22-17/h4-10,13-14H,11-12H2,1-3H3,(H,21,24). The number of aromatic nitrogens is 2. The molecule has 1 aromatic carbocycles. The molecular formula is C20H23N3O. The molecule has 1 amide bonds. The molecule has 124 valence electrons. The van der Waals surface area contributed by atoms with Gasteiger partial charge < -0.3 is 9.72 Å². The van der Waals surface area contributed by atoms with Gasteiger partial charge in [-0.3, -0.25) is 4.79 Å². The van der Waals surface area contributed by atoms with Gasteiger partial charge >= 0.3 is 0 Å². The summed E-state index contributed by atoms with van der Waals surface area (Å²) in [6.45, 7) is 7.06. The molecule has 0 saturated carbocycles. The van der Waals surface area contributed by atoms with Gasteiger partial charge in [0.05, 0.1) is 5.69 Å². The van der Waals surface area contributed by atoms with Crippen LogP contribution < -0.4 is 5.32 Å². The zero-order valence-corrected chi connectivity index (χ0v) is 14.4. The van der Waals surface area contributed by atoms with Crippen LogP contribution in [0.2, 0.25) is 0 Å². The van der Waals surface area contributed by atoms with Gasteiger partial charge in [0.2, 0.25) is 0 Å². The Labute approximate surface area is 142 Å². The first kappa shape index (κ1) is 16.2. The van der Waals surface area contributed by atoms with E-state index in [0.717, 1.165) is 11.3 Å². The molecular weight excluding hydrogens is 298 g/mol. The predicted octanol–water partition coefficient (Wildman–Crippen LogP) is 3.60. The first-order valence-electron chi connectivity index (χ1n) is 8.25. The third kappa shape index (κ3) is 3.65. The number of amides is 1. The molecule has 0 aliphatic carbocycles. The highest BCUT2D eigenvalue weighted by Gasteiger charge is 2.14. The molecule has 3 aromatic rings. The lowest BCUT2D eigenvalue weighted by atomic mass is 9.87. The van der Waals surface area contributed by atoms with Gasteiger partial charge in [0, 0.05) is 30.9 Å². The average molecular weight is 321 g/mol. The van der Waals surface area contributed by atoms with Crippen LogP contribution in [-0.4, -0.2) is 21.8 Å². The van der Waals surface area contributed by atoms with Crippen LogP contribution >= 0.6 is 0 Å². The summed E-state index contributed by atoms with van der Waals surface area (Å²) in [5.74, 6) is -0.0424. The summed E-state index contributed by atoms with van der Waals surface area (Å²) in [7, 11) is 0. The Kier molecular flexibility index (Phi) is 4.38. The minimum Gasteiger partial charge on any atom is -0.352 e. The van der Waals surface area contributed by atoms with E-state index in [9.17, 15) is 4.79 Å². The second-order valence-corrected chi connectivity index (χ2v) is 7.03. The monoisotopic (exact) mass is 321 g/mol. The van der Waals surface area contributed by atoms with Gasteiger partial charge in [0.25, 0.3) is 5.91 Å². The van der Waals surface area contributed by atoms with Crippen LogP contribution in [0.5, 0.6) is 0 Å². The molecule has 0 aliphatic rings. The van der Waals surface area contributed by atoms with Gasteiger partial charge in [-0.2, -0.15) is 0 Å². The van der Waals surface area contributed by atoms with Gasteiger partial charge in [0.1, 0.15) is 5.65 Å². The smallest absolute Gasteiger partial charge is 0.251 e. The van der Waals surface area contributed by atoms with Crippen LogP contribution in [-0.2, 0) is 11.8 Å². The number of imidazole rings is 1. The molecule has 2 aromatic heterocycles. The molecule has 2 heterocycles. The number of nitrogens with one attached hydrogen (secondary N) is 1. The zero-order chi connectivity index (χ0) is 17.2. The van der Waals surface area contributed by atoms with E-state index in [0.29, 0.717) is 18.5 Å². The summed E-state index contributed by atoms with van der Waals surface area (Å²) in [4.78, 5) is 16.8. The summed E-state index contributed by atoms with van der Waals surface area (Å²) >= 11 is 0. The Hall–Kier alpha value is -2.62. The van der Waals surface area contributed by atoms with Crippen molar-refractivity contribution in [1.82, 2.24) is 14.7 Å². The number of nitrogens with zero attached hydrogens (tertiary/aromatic N) is 2. The third-order valence-corrected chi connectivity index (χ3v) is 4.09. The lowest BCUT2D eigenvalue weighted by Gasteiger charge is -2.19. The minimum atomic E-state index is -0.0424. The van der Waals surface area contributed by atoms with Crippen LogP contribution in [0.15, 0.2) is 54.9 Å². The van der Waals surface area contributed by atoms with Gasteiger partial charge in [-0.05, 0) is 35.2 Å². The van der Waals surface area contributed by atoms with Crippen molar-refractivity contribution in [2.75, 3.05) is 6.54 Å². The number of pyridine rings is 1. The van der Waals surface area contributed by atoms with Gasteiger partial charge in [-0.25, -0.2) is 4.98 Å². The number of carbonyl (C=O) groups excluding carboxylic acids is 1. The summed E-state index contributed by atoms with van der Waals surface area (Å²) in [6, 6.07) is 13.7. The fraction of sp³-hybridized carbons (Fsp3) is 0.300. The average Bonchev–Trinajstić information content (AvgIpc) is 2.96. The minimum absolute atomic E-state index is 0.0424. The molecule has 24 heavy (non-hydrogen) atoms. The lowest BCUT2D eigenvalue weighted by molar-refractivity contribution is 0.0954. The van der Waals surface area contributed by atoms with Crippen molar-refractivity contribution in [3.05, 3.63) is 71.7 Å². The Morgan fingerprint density at radius 2 is 1.88 bits per heavy atom. The third-order valence-electron chi connectivity index (χ3n) is 4.09. The first-order chi connectivity index (χ1) is 11.4. The molecule has 0 saturated heterocycles. The van der Waals surface area contributed by atoms with Crippen molar-refractivity contribution in [2.24, 2.45) is 0 Å². The highest BCUT2D eigenvalue weighted by molar-refractivity contribution is 5.94. The molecule has 0 aliphatic heterocycles. The number of hydrogen-bond acceptors (Lipinski definition) is 2. The number of fused-ring (bicyclic) bond motifs is 1. The number of benzene rings is 1. The number of carbonyl (C=O) groups is 1. The van der Waals surface area contributed by atoms with Gasteiger partial charge in [-0.1, -0.05) is 39.0 Å². The maximum absolute atomic E-state index is 12.2. The quantitative estimate of drug-likeness (QED) is 0.798. The predicted molar refractivity (Wildman–Crippen MR) is 96.4 cm³/mol. The van der Waals surface area contributed by atoms with E-state index in [4.69, 9.17) is 0 Å². The molecule has 1 N–H and O–H groups in total. The fourth-order valence-electron chi connectivity index (χ4n) is 2.64. The normalized spacial score (nSPS) is 11.6. The molecule has 0 spiro atoms. The van der Waals surface area contributed by atoms with E-state index < -0.39 is 0 Å². The van der Waals surface area contributed by atoms with Gasteiger partial charge in [0.15, 0.2) is 0 Å². The largest absolute Gasteiger partial charge is 0.352 e. The zero-order valence-electron chi connectivity index (χ0n) is 14.4. The van der Waals surface area contributed by atoms with Crippen molar-refractivity contribution < 1.29 is 4.79 Å². The van der Waals surface area contributed by atoms with Crippen LogP contribution in [0.25, 0.3) is 5.65 Å². The van der Waals surface area contributed by atoms with Crippen molar-refractivity contribution in [2.45, 2.75) is 32.6 Å². The first-order valence-corrected chi connectivity index (χ1v) is 8.25. The van der Waals surface area contributed by atoms with E-state index in [1.54, 1.807) is 0 Å². The van der Waals surface area contributed by atoms with Crippen LogP contribution in [0, 0.1) is 0 Å². The van der Waals surface area contributed by atoms with E-state index in [2.05, 4.69) is 31.1 Å². The lowest BCUT2D eigenvalue weighted by Crippen LogP contribution is -2.25. The van der Waals surface area contributed by atoms with Crippen molar-refractivity contribution in [1.29, 1.82) is 0 Å². The molecule has 3 rings (SSSR count). The van der Waals surface area contributed by atoms with Gasteiger partial charge in [-0.15, -0.1) is 0 Å². The Balaban J connectivity index is 1.57. The number of rotatable bonds is 4.